The van der Waals surface area contributed by atoms with Gasteiger partial charge in [-0.2, -0.15) is 0 Å². The largest absolute Gasteiger partial charge is 0.481 e. The Morgan fingerprint density at radius 1 is 1.15 bits per heavy atom. The molecule has 0 saturated heterocycles. The molecule has 0 saturated carbocycles. The van der Waals surface area contributed by atoms with Crippen LogP contribution < -0.4 is 0 Å². The zero-order valence-corrected chi connectivity index (χ0v) is 20.4. The van der Waals surface area contributed by atoms with Crippen molar-refractivity contribution in [1.82, 2.24) is 19.0 Å². The standard InChI is InChI=1S/C16H24N4S.C6H8O7/c1-4-14-15-7-6-8-18(15)9-10-19(14)12-13-11-17-16(21-3)20(13)5-2;7-3(8)1-6(13,5(11)12)2-4(9)10/h6-8,11,14H,4-5,9-10,12H2,1-3H3;13H,1-2H2,(H,7,8)(H,9,10)(H,11,12). The number of hydrogen-bond acceptors (Lipinski definition) is 7. The second-order valence-electron chi connectivity index (χ2n) is 7.98. The number of imidazole rings is 1. The molecular formula is C22H32N4O7S. The van der Waals surface area contributed by atoms with Crippen LogP contribution in [0, 0.1) is 0 Å². The third kappa shape index (κ3) is 6.61. The van der Waals surface area contributed by atoms with Crippen molar-refractivity contribution in [2.75, 3.05) is 12.8 Å². The van der Waals surface area contributed by atoms with Gasteiger partial charge in [0.15, 0.2) is 10.8 Å². The molecule has 34 heavy (non-hydrogen) atoms. The number of carbonyl (C=O) groups is 3. The first-order valence-electron chi connectivity index (χ1n) is 10.9. The third-order valence-electron chi connectivity index (χ3n) is 5.71. The summed E-state index contributed by atoms with van der Waals surface area (Å²) in [6.07, 6.45) is 5.22. The van der Waals surface area contributed by atoms with E-state index in [-0.39, 0.29) is 0 Å². The zero-order valence-electron chi connectivity index (χ0n) is 19.5. The van der Waals surface area contributed by atoms with Crippen LogP contribution in [-0.2, 0) is 34.0 Å². The van der Waals surface area contributed by atoms with Gasteiger partial charge < -0.3 is 29.6 Å². The molecule has 0 spiro atoms. The molecule has 1 atom stereocenters. The van der Waals surface area contributed by atoms with Gasteiger partial charge in [0, 0.05) is 38.1 Å². The lowest BCUT2D eigenvalue weighted by atomic mass is 9.96. The fourth-order valence-corrected chi connectivity index (χ4v) is 4.74. The molecule has 2 aromatic rings. The van der Waals surface area contributed by atoms with Crippen molar-refractivity contribution < 1.29 is 34.8 Å². The lowest BCUT2D eigenvalue weighted by molar-refractivity contribution is -0.170. The van der Waals surface area contributed by atoms with Gasteiger partial charge in [-0.3, -0.25) is 14.5 Å². The van der Waals surface area contributed by atoms with Crippen molar-refractivity contribution in [3.8, 4) is 0 Å². The Morgan fingerprint density at radius 3 is 2.29 bits per heavy atom. The molecule has 0 amide bonds. The van der Waals surface area contributed by atoms with Crippen molar-refractivity contribution in [3.63, 3.8) is 0 Å². The first kappa shape index (κ1) is 27.4. The highest BCUT2D eigenvalue weighted by atomic mass is 32.2. The minimum absolute atomic E-state index is 0.520. The Kier molecular flexibility index (Phi) is 9.71. The minimum atomic E-state index is -2.74. The third-order valence-corrected chi connectivity index (χ3v) is 6.40. The maximum Gasteiger partial charge on any atom is 0.336 e. The number of thioether (sulfide) groups is 1. The second-order valence-corrected chi connectivity index (χ2v) is 8.75. The summed E-state index contributed by atoms with van der Waals surface area (Å²) in [6.45, 7) is 8.67. The van der Waals surface area contributed by atoms with Crippen LogP contribution >= 0.6 is 11.8 Å². The van der Waals surface area contributed by atoms with E-state index in [1.807, 2.05) is 0 Å². The van der Waals surface area contributed by atoms with E-state index in [4.69, 9.17) is 20.4 Å². The molecule has 1 aliphatic heterocycles. The molecule has 0 fully saturated rings. The minimum Gasteiger partial charge on any atom is -0.481 e. The van der Waals surface area contributed by atoms with E-state index < -0.39 is 36.4 Å². The van der Waals surface area contributed by atoms with Crippen LogP contribution in [0.3, 0.4) is 0 Å². The Labute approximate surface area is 202 Å². The van der Waals surface area contributed by atoms with E-state index in [9.17, 15) is 14.4 Å². The monoisotopic (exact) mass is 496 g/mol. The first-order valence-corrected chi connectivity index (χ1v) is 12.2. The van der Waals surface area contributed by atoms with Crippen molar-refractivity contribution >= 4 is 29.7 Å². The summed E-state index contributed by atoms with van der Waals surface area (Å²) in [7, 11) is 0. The summed E-state index contributed by atoms with van der Waals surface area (Å²) >= 11 is 1.73. The molecule has 0 radical (unpaired) electrons. The van der Waals surface area contributed by atoms with E-state index in [0.717, 1.165) is 37.8 Å². The molecule has 3 heterocycles. The maximum atomic E-state index is 10.3. The molecule has 0 aromatic carbocycles. The Balaban J connectivity index is 0.000000273. The van der Waals surface area contributed by atoms with Crippen molar-refractivity contribution in [1.29, 1.82) is 0 Å². The summed E-state index contributed by atoms with van der Waals surface area (Å²) in [6, 6.07) is 4.96. The quantitative estimate of drug-likeness (QED) is 0.359. The predicted octanol–water partition coefficient (Wildman–Crippen LogP) is 2.14. The van der Waals surface area contributed by atoms with Crippen LogP contribution in [0.2, 0.25) is 0 Å². The number of aromatic nitrogens is 3. The van der Waals surface area contributed by atoms with Gasteiger partial charge in [0.25, 0.3) is 0 Å². The molecule has 12 heteroatoms. The molecule has 1 aliphatic rings. The lowest BCUT2D eigenvalue weighted by Crippen LogP contribution is -2.42. The summed E-state index contributed by atoms with van der Waals surface area (Å²) in [4.78, 5) is 37.6. The predicted molar refractivity (Wildman–Crippen MR) is 125 cm³/mol. The molecule has 2 aromatic heterocycles. The number of carboxylic acid groups (broad SMARTS) is 3. The lowest BCUT2D eigenvalue weighted by Gasteiger charge is -2.36. The fourth-order valence-electron chi connectivity index (χ4n) is 4.11. The fraction of sp³-hybridized carbons (Fsp3) is 0.545. The molecule has 188 valence electrons. The van der Waals surface area contributed by atoms with E-state index in [0.29, 0.717) is 6.04 Å². The van der Waals surface area contributed by atoms with Crippen LogP contribution in [0.15, 0.2) is 29.7 Å². The van der Waals surface area contributed by atoms with E-state index in [1.54, 1.807) is 11.8 Å². The van der Waals surface area contributed by atoms with Crippen LogP contribution in [-0.4, -0.2) is 75.8 Å². The Morgan fingerprint density at radius 2 is 1.79 bits per heavy atom. The number of carboxylic acids is 3. The molecule has 0 bridgehead atoms. The Hall–Kier alpha value is -2.83. The van der Waals surface area contributed by atoms with E-state index in [2.05, 4.69) is 63.6 Å². The van der Waals surface area contributed by atoms with Crippen LogP contribution in [0.5, 0.6) is 0 Å². The number of aliphatic carboxylic acids is 3. The summed E-state index contributed by atoms with van der Waals surface area (Å²) in [5, 5.41) is 34.9. The van der Waals surface area contributed by atoms with Gasteiger partial charge in [-0.1, -0.05) is 18.7 Å². The van der Waals surface area contributed by atoms with Gasteiger partial charge in [-0.05, 0) is 31.7 Å². The van der Waals surface area contributed by atoms with Gasteiger partial charge in [-0.15, -0.1) is 0 Å². The summed E-state index contributed by atoms with van der Waals surface area (Å²) in [5.74, 6) is -5.02. The molecule has 1 unspecified atom stereocenters. The highest BCUT2D eigenvalue weighted by molar-refractivity contribution is 7.98. The first-order chi connectivity index (χ1) is 16.1. The molecule has 11 nitrogen and oxygen atoms in total. The van der Waals surface area contributed by atoms with Gasteiger partial charge in [0.05, 0.1) is 30.8 Å². The van der Waals surface area contributed by atoms with Crippen LogP contribution in [0.25, 0.3) is 0 Å². The number of nitrogens with zero attached hydrogens (tertiary/aromatic N) is 4. The van der Waals surface area contributed by atoms with E-state index in [1.165, 1.54) is 11.4 Å². The molecule has 0 aliphatic carbocycles. The number of fused-ring (bicyclic) bond motifs is 1. The zero-order chi connectivity index (χ0) is 25.5. The smallest absolute Gasteiger partial charge is 0.336 e. The number of aliphatic hydroxyl groups is 1. The van der Waals surface area contributed by atoms with Crippen LogP contribution in [0.4, 0.5) is 0 Å². The van der Waals surface area contributed by atoms with Gasteiger partial charge >= 0.3 is 17.9 Å². The average molecular weight is 497 g/mol. The summed E-state index contributed by atoms with van der Waals surface area (Å²) in [5.41, 5.74) is 0.0502. The Bertz CT molecular complexity index is 987. The van der Waals surface area contributed by atoms with Crippen molar-refractivity contribution in [2.24, 2.45) is 0 Å². The van der Waals surface area contributed by atoms with Crippen molar-refractivity contribution in [3.05, 3.63) is 35.9 Å². The topological polar surface area (TPSA) is 158 Å². The molecular weight excluding hydrogens is 464 g/mol. The van der Waals surface area contributed by atoms with Gasteiger partial charge in [0.1, 0.15) is 0 Å². The van der Waals surface area contributed by atoms with Crippen LogP contribution in [0.1, 0.15) is 50.5 Å². The number of hydrogen-bond donors (Lipinski definition) is 4. The SMILES string of the molecule is CCC1c2cccn2CCN1Cc1cnc(SC)n1CC.O=C(O)CC(O)(CC(=O)O)C(=O)O. The van der Waals surface area contributed by atoms with Crippen molar-refractivity contribution in [2.45, 2.75) is 69.5 Å². The highest BCUT2D eigenvalue weighted by Gasteiger charge is 2.40. The molecule has 4 N–H and O–H groups in total. The van der Waals surface area contributed by atoms with Gasteiger partial charge in [-0.25, -0.2) is 9.78 Å². The van der Waals surface area contributed by atoms with Gasteiger partial charge in [0.2, 0.25) is 0 Å². The normalized spacial score (nSPS) is 15.8. The average Bonchev–Trinajstić information content (AvgIpc) is 3.39. The second kappa shape index (κ2) is 12.0. The maximum absolute atomic E-state index is 10.3. The van der Waals surface area contributed by atoms with E-state index >= 15 is 0 Å². The number of rotatable bonds is 10. The molecule has 3 rings (SSSR count). The highest BCUT2D eigenvalue weighted by Crippen LogP contribution is 2.30. The summed E-state index contributed by atoms with van der Waals surface area (Å²) < 4.78 is 4.74.